The molecule has 0 bridgehead atoms. The van der Waals surface area contributed by atoms with Crippen LogP contribution in [0.25, 0.3) is 0 Å². The molecule has 1 saturated heterocycles. The molecule has 1 aliphatic heterocycles. The first kappa shape index (κ1) is 16.8. The Labute approximate surface area is 134 Å². The van der Waals surface area contributed by atoms with Gasteiger partial charge in [0.05, 0.1) is 0 Å². The van der Waals surface area contributed by atoms with Crippen LogP contribution >= 0.6 is 0 Å². The summed E-state index contributed by atoms with van der Waals surface area (Å²) in [5.41, 5.74) is 1.25. The molecule has 122 valence electrons. The first-order chi connectivity index (χ1) is 10.7. The first-order valence-electron chi connectivity index (χ1n) is 8.44. The molecule has 0 saturated carbocycles. The van der Waals surface area contributed by atoms with Crippen molar-refractivity contribution in [3.63, 3.8) is 0 Å². The third-order valence-corrected chi connectivity index (χ3v) is 4.41. The highest BCUT2D eigenvalue weighted by atomic mass is 16.1. The van der Waals surface area contributed by atoms with Gasteiger partial charge < -0.3 is 15.5 Å². The third-order valence-electron chi connectivity index (χ3n) is 4.41. The zero-order valence-electron chi connectivity index (χ0n) is 13.8. The van der Waals surface area contributed by atoms with Crippen molar-refractivity contribution in [2.75, 3.05) is 31.6 Å². The van der Waals surface area contributed by atoms with Gasteiger partial charge in [-0.15, -0.1) is 0 Å². The van der Waals surface area contributed by atoms with Crippen LogP contribution in [-0.2, 0) is 4.79 Å². The zero-order chi connectivity index (χ0) is 15.8. The van der Waals surface area contributed by atoms with Gasteiger partial charge in [0.25, 0.3) is 0 Å². The van der Waals surface area contributed by atoms with Gasteiger partial charge in [-0.3, -0.25) is 4.79 Å². The molecule has 2 atom stereocenters. The molecule has 0 unspecified atom stereocenters. The quantitative estimate of drug-likeness (QED) is 0.760. The van der Waals surface area contributed by atoms with E-state index in [1.807, 2.05) is 6.07 Å². The number of nitrogens with zero attached hydrogens (tertiary/aromatic N) is 1. The predicted octanol–water partition coefficient (Wildman–Crippen LogP) is 2.41. The van der Waals surface area contributed by atoms with Crippen LogP contribution in [0.2, 0.25) is 0 Å². The molecule has 1 heterocycles. The fourth-order valence-corrected chi connectivity index (χ4v) is 3.01. The zero-order valence-corrected chi connectivity index (χ0v) is 13.8. The van der Waals surface area contributed by atoms with Gasteiger partial charge in [0, 0.05) is 37.8 Å². The molecule has 1 amide bonds. The number of piperidine rings is 1. The van der Waals surface area contributed by atoms with E-state index in [1.165, 1.54) is 5.69 Å². The normalized spacial score (nSPS) is 21.4. The Bertz CT molecular complexity index is 449. The molecule has 1 aromatic carbocycles. The average molecular weight is 303 g/mol. The fourth-order valence-electron chi connectivity index (χ4n) is 3.01. The van der Waals surface area contributed by atoms with Crippen LogP contribution in [0.1, 0.15) is 32.6 Å². The summed E-state index contributed by atoms with van der Waals surface area (Å²) >= 11 is 0. The number of amides is 1. The molecule has 1 fully saturated rings. The van der Waals surface area contributed by atoms with Gasteiger partial charge in [-0.05, 0) is 51.3 Å². The number of carbonyl (C=O) groups excluding carboxylic acids is 1. The highest BCUT2D eigenvalue weighted by Crippen LogP contribution is 2.16. The molecule has 2 N–H and O–H groups in total. The summed E-state index contributed by atoms with van der Waals surface area (Å²) in [5.74, 6) is 0.438. The lowest BCUT2D eigenvalue weighted by molar-refractivity contribution is -0.126. The maximum atomic E-state index is 12.1. The summed E-state index contributed by atoms with van der Waals surface area (Å²) in [6, 6.07) is 10.9. The highest BCUT2D eigenvalue weighted by Gasteiger charge is 2.24. The van der Waals surface area contributed by atoms with Crippen molar-refractivity contribution in [1.29, 1.82) is 0 Å². The number of anilines is 1. The second-order valence-electron chi connectivity index (χ2n) is 6.33. The second kappa shape index (κ2) is 8.79. The van der Waals surface area contributed by atoms with E-state index in [1.54, 1.807) is 0 Å². The van der Waals surface area contributed by atoms with Crippen molar-refractivity contribution in [1.82, 2.24) is 10.6 Å². The first-order valence-corrected chi connectivity index (χ1v) is 8.44. The third kappa shape index (κ3) is 5.34. The van der Waals surface area contributed by atoms with Gasteiger partial charge in [0.2, 0.25) is 5.91 Å². The Balaban J connectivity index is 1.58. The lowest BCUT2D eigenvalue weighted by atomic mass is 9.92. The van der Waals surface area contributed by atoms with Crippen molar-refractivity contribution in [2.24, 2.45) is 5.92 Å². The molecule has 0 radical (unpaired) electrons. The number of hydrogen-bond donors (Lipinski definition) is 2. The minimum Gasteiger partial charge on any atom is -0.375 e. The number of unbranched alkanes of at least 4 members (excludes halogenated alkanes) is 1. The summed E-state index contributed by atoms with van der Waals surface area (Å²) in [6.45, 7) is 4.92. The maximum Gasteiger partial charge on any atom is 0.223 e. The van der Waals surface area contributed by atoms with E-state index in [9.17, 15) is 4.79 Å². The lowest BCUT2D eigenvalue weighted by Crippen LogP contribution is -2.42. The Morgan fingerprint density at radius 1 is 1.32 bits per heavy atom. The lowest BCUT2D eigenvalue weighted by Gasteiger charge is -2.27. The topological polar surface area (TPSA) is 44.4 Å². The minimum absolute atomic E-state index is 0.197. The molecule has 0 aliphatic carbocycles. The van der Waals surface area contributed by atoms with Crippen LogP contribution in [0.15, 0.2) is 30.3 Å². The summed E-state index contributed by atoms with van der Waals surface area (Å²) in [4.78, 5) is 14.4. The van der Waals surface area contributed by atoms with Crippen molar-refractivity contribution in [3.8, 4) is 0 Å². The Morgan fingerprint density at radius 3 is 2.82 bits per heavy atom. The molecule has 0 spiro atoms. The number of para-hydroxylation sites is 1. The molecular formula is C18H29N3O. The molecule has 1 aromatic rings. The average Bonchev–Trinajstić information content (AvgIpc) is 2.55. The summed E-state index contributed by atoms with van der Waals surface area (Å²) in [6.07, 6.45) is 4.05. The Hall–Kier alpha value is -1.55. The van der Waals surface area contributed by atoms with E-state index >= 15 is 0 Å². The van der Waals surface area contributed by atoms with E-state index in [-0.39, 0.29) is 11.8 Å². The van der Waals surface area contributed by atoms with Crippen LogP contribution in [0.3, 0.4) is 0 Å². The highest BCUT2D eigenvalue weighted by molar-refractivity contribution is 5.78. The summed E-state index contributed by atoms with van der Waals surface area (Å²) in [5, 5.41) is 6.49. The van der Waals surface area contributed by atoms with Crippen molar-refractivity contribution in [3.05, 3.63) is 30.3 Å². The van der Waals surface area contributed by atoms with Crippen molar-refractivity contribution in [2.45, 2.75) is 38.6 Å². The predicted molar refractivity (Wildman–Crippen MR) is 92.1 cm³/mol. The van der Waals surface area contributed by atoms with Gasteiger partial charge in [-0.25, -0.2) is 0 Å². The molecule has 22 heavy (non-hydrogen) atoms. The van der Waals surface area contributed by atoms with Crippen molar-refractivity contribution < 1.29 is 4.79 Å². The van der Waals surface area contributed by atoms with E-state index in [0.717, 1.165) is 45.3 Å². The van der Waals surface area contributed by atoms with Gasteiger partial charge in [-0.2, -0.15) is 0 Å². The Kier molecular flexibility index (Phi) is 6.72. The van der Waals surface area contributed by atoms with Gasteiger partial charge >= 0.3 is 0 Å². The molecule has 4 heteroatoms. The Morgan fingerprint density at radius 2 is 2.09 bits per heavy atom. The summed E-state index contributed by atoms with van der Waals surface area (Å²) in [7, 11) is 2.12. The number of carbonyl (C=O) groups is 1. The standard InChI is InChI=1S/C18H29N3O/c1-15-14-16(10-12-19-15)18(22)20-11-6-7-13-21(2)17-8-4-3-5-9-17/h3-5,8-9,15-16,19H,6-7,10-14H2,1-2H3,(H,20,22)/t15-,16-/m0/s1. The van der Waals surface area contributed by atoms with Crippen LogP contribution in [0.5, 0.6) is 0 Å². The van der Waals surface area contributed by atoms with Gasteiger partial charge in [0.1, 0.15) is 0 Å². The fraction of sp³-hybridized carbons (Fsp3) is 0.611. The molecule has 2 rings (SSSR count). The largest absolute Gasteiger partial charge is 0.375 e. The maximum absolute atomic E-state index is 12.1. The van der Waals surface area contributed by atoms with E-state index in [0.29, 0.717) is 6.04 Å². The van der Waals surface area contributed by atoms with Crippen LogP contribution in [0, 0.1) is 5.92 Å². The van der Waals surface area contributed by atoms with Crippen LogP contribution in [0.4, 0.5) is 5.69 Å². The van der Waals surface area contributed by atoms with Crippen molar-refractivity contribution >= 4 is 11.6 Å². The number of benzene rings is 1. The van der Waals surface area contributed by atoms with E-state index in [2.05, 4.69) is 53.8 Å². The summed E-state index contributed by atoms with van der Waals surface area (Å²) < 4.78 is 0. The molecular weight excluding hydrogens is 274 g/mol. The van der Waals surface area contributed by atoms with E-state index < -0.39 is 0 Å². The van der Waals surface area contributed by atoms with Crippen LogP contribution in [-0.4, -0.2) is 38.6 Å². The molecule has 4 nitrogen and oxygen atoms in total. The SMILES string of the molecule is C[C@H]1C[C@@H](C(=O)NCCCCN(C)c2ccccc2)CCN1. The number of hydrogen-bond acceptors (Lipinski definition) is 3. The smallest absolute Gasteiger partial charge is 0.223 e. The minimum atomic E-state index is 0.197. The van der Waals surface area contributed by atoms with Crippen LogP contribution < -0.4 is 15.5 Å². The number of rotatable bonds is 7. The molecule has 0 aromatic heterocycles. The monoisotopic (exact) mass is 303 g/mol. The molecule has 1 aliphatic rings. The van der Waals surface area contributed by atoms with E-state index in [4.69, 9.17) is 0 Å². The van der Waals surface area contributed by atoms with Gasteiger partial charge in [0.15, 0.2) is 0 Å². The van der Waals surface area contributed by atoms with Gasteiger partial charge in [-0.1, -0.05) is 18.2 Å². The second-order valence-corrected chi connectivity index (χ2v) is 6.33. The number of nitrogens with one attached hydrogen (secondary N) is 2.